The Hall–Kier alpha value is -3.14. The second-order valence-electron chi connectivity index (χ2n) is 10.4. The standard InChI is InChI=1S/C29H33NO3/c1-28(2)13-14-29(3,4)26-17-20(5-10-25(26)28)19-33-23-8-6-21(7-9-23)24(18-27(31)32)22-11-15-30-16-12-22/h5-12,15-17,24H,13-14,18-19H2,1-4H3,(H,31,32)/t24-/m1/s1. The molecule has 1 heterocycles. The Morgan fingerprint density at radius 2 is 1.52 bits per heavy atom. The van der Waals surface area contributed by atoms with Crippen molar-refractivity contribution >= 4 is 5.97 Å². The highest BCUT2D eigenvalue weighted by Gasteiger charge is 2.36. The third-order valence-corrected chi connectivity index (χ3v) is 7.09. The monoisotopic (exact) mass is 443 g/mol. The van der Waals surface area contributed by atoms with Crippen LogP contribution in [0, 0.1) is 0 Å². The summed E-state index contributed by atoms with van der Waals surface area (Å²) in [5.74, 6) is -0.263. The van der Waals surface area contributed by atoms with E-state index in [0.717, 1.165) is 16.9 Å². The first kappa shape index (κ1) is 23.0. The maximum absolute atomic E-state index is 11.4. The molecule has 0 saturated heterocycles. The molecule has 0 unspecified atom stereocenters. The van der Waals surface area contributed by atoms with Gasteiger partial charge in [-0.1, -0.05) is 58.0 Å². The molecule has 33 heavy (non-hydrogen) atoms. The van der Waals surface area contributed by atoms with Crippen molar-refractivity contribution in [3.63, 3.8) is 0 Å². The molecule has 3 aromatic rings. The van der Waals surface area contributed by atoms with E-state index in [1.165, 1.54) is 29.5 Å². The molecule has 172 valence electrons. The average molecular weight is 444 g/mol. The molecule has 0 aliphatic heterocycles. The Balaban J connectivity index is 1.49. The molecular formula is C29H33NO3. The molecular weight excluding hydrogens is 410 g/mol. The minimum absolute atomic E-state index is 0.0332. The highest BCUT2D eigenvalue weighted by atomic mass is 16.5. The molecule has 1 aromatic heterocycles. The summed E-state index contributed by atoms with van der Waals surface area (Å²) in [4.78, 5) is 15.5. The highest BCUT2D eigenvalue weighted by Crippen LogP contribution is 2.46. The number of hydrogen-bond donors (Lipinski definition) is 1. The fourth-order valence-electron chi connectivity index (χ4n) is 4.89. The lowest BCUT2D eigenvalue weighted by atomic mass is 9.63. The number of fused-ring (bicyclic) bond motifs is 1. The maximum Gasteiger partial charge on any atom is 0.304 e. The third-order valence-electron chi connectivity index (χ3n) is 7.09. The first-order chi connectivity index (χ1) is 15.7. The number of carboxylic acids is 1. The summed E-state index contributed by atoms with van der Waals surface area (Å²) in [6, 6.07) is 18.3. The fraction of sp³-hybridized carbons (Fsp3) is 0.379. The van der Waals surface area contributed by atoms with Gasteiger partial charge in [-0.2, -0.15) is 0 Å². The molecule has 0 radical (unpaired) electrons. The summed E-state index contributed by atoms with van der Waals surface area (Å²) in [6.07, 6.45) is 5.82. The zero-order valence-electron chi connectivity index (χ0n) is 20.0. The van der Waals surface area contributed by atoms with Crippen LogP contribution >= 0.6 is 0 Å². The van der Waals surface area contributed by atoms with Gasteiger partial charge in [0.05, 0.1) is 6.42 Å². The van der Waals surface area contributed by atoms with Crippen molar-refractivity contribution in [3.8, 4) is 5.75 Å². The number of nitrogens with zero attached hydrogens (tertiary/aromatic N) is 1. The van der Waals surface area contributed by atoms with Crippen LogP contribution in [0.4, 0.5) is 0 Å². The molecule has 0 fully saturated rings. The molecule has 4 heteroatoms. The number of carbonyl (C=O) groups is 1. The Labute approximate surface area is 196 Å². The van der Waals surface area contributed by atoms with Crippen LogP contribution in [0.15, 0.2) is 67.0 Å². The van der Waals surface area contributed by atoms with Gasteiger partial charge in [-0.25, -0.2) is 0 Å². The second-order valence-corrected chi connectivity index (χ2v) is 10.4. The van der Waals surface area contributed by atoms with Gasteiger partial charge in [-0.05, 0) is 75.8 Å². The number of aromatic nitrogens is 1. The zero-order chi connectivity index (χ0) is 23.6. The van der Waals surface area contributed by atoms with E-state index in [1.54, 1.807) is 12.4 Å². The summed E-state index contributed by atoms with van der Waals surface area (Å²) in [5, 5.41) is 9.38. The van der Waals surface area contributed by atoms with Crippen molar-refractivity contribution in [2.45, 2.75) is 70.3 Å². The molecule has 0 bridgehead atoms. The van der Waals surface area contributed by atoms with Gasteiger partial charge in [0.2, 0.25) is 0 Å². The van der Waals surface area contributed by atoms with Gasteiger partial charge in [-0.15, -0.1) is 0 Å². The smallest absolute Gasteiger partial charge is 0.304 e. The minimum atomic E-state index is -0.823. The molecule has 1 aliphatic rings. The lowest BCUT2D eigenvalue weighted by Gasteiger charge is -2.42. The SMILES string of the molecule is CC1(C)CCC(C)(C)c2cc(COc3ccc([C@@H](CC(=O)O)c4ccncc4)cc3)ccc21. The van der Waals surface area contributed by atoms with Crippen LogP contribution in [0.5, 0.6) is 5.75 Å². The largest absolute Gasteiger partial charge is 0.489 e. The summed E-state index contributed by atoms with van der Waals surface area (Å²) >= 11 is 0. The predicted octanol–water partition coefficient (Wildman–Crippen LogP) is 6.62. The van der Waals surface area contributed by atoms with Crippen LogP contribution in [0.3, 0.4) is 0 Å². The van der Waals surface area contributed by atoms with Crippen LogP contribution in [0.2, 0.25) is 0 Å². The molecule has 0 amide bonds. The van der Waals surface area contributed by atoms with Gasteiger partial charge in [0, 0.05) is 18.3 Å². The molecule has 0 saturated carbocycles. The Bertz CT molecular complexity index is 1120. The normalized spacial score (nSPS) is 17.1. The molecule has 0 spiro atoms. The van der Waals surface area contributed by atoms with Crippen molar-refractivity contribution in [2.24, 2.45) is 0 Å². The van der Waals surface area contributed by atoms with Crippen LogP contribution in [-0.2, 0) is 22.2 Å². The van der Waals surface area contributed by atoms with Gasteiger partial charge in [0.15, 0.2) is 0 Å². The molecule has 1 atom stereocenters. The first-order valence-corrected chi connectivity index (χ1v) is 11.6. The van der Waals surface area contributed by atoms with Crippen molar-refractivity contribution in [1.29, 1.82) is 0 Å². The van der Waals surface area contributed by atoms with Crippen LogP contribution < -0.4 is 4.74 Å². The topological polar surface area (TPSA) is 59.4 Å². The van der Waals surface area contributed by atoms with Crippen molar-refractivity contribution in [3.05, 3.63) is 94.8 Å². The van der Waals surface area contributed by atoms with E-state index < -0.39 is 5.97 Å². The zero-order valence-corrected chi connectivity index (χ0v) is 20.0. The Morgan fingerprint density at radius 1 is 0.909 bits per heavy atom. The Kier molecular flexibility index (Phi) is 6.29. The lowest BCUT2D eigenvalue weighted by molar-refractivity contribution is -0.137. The number of pyridine rings is 1. The maximum atomic E-state index is 11.4. The lowest BCUT2D eigenvalue weighted by Crippen LogP contribution is -2.33. The third kappa shape index (κ3) is 5.11. The summed E-state index contributed by atoms with van der Waals surface area (Å²) in [5.41, 5.74) is 6.34. The summed E-state index contributed by atoms with van der Waals surface area (Å²) in [6.45, 7) is 9.85. The first-order valence-electron chi connectivity index (χ1n) is 11.6. The second kappa shape index (κ2) is 9.01. The van der Waals surface area contributed by atoms with E-state index in [1.807, 2.05) is 36.4 Å². The van der Waals surface area contributed by atoms with E-state index in [9.17, 15) is 9.90 Å². The number of benzene rings is 2. The number of rotatable bonds is 7. The highest BCUT2D eigenvalue weighted by molar-refractivity contribution is 5.69. The number of hydrogen-bond acceptors (Lipinski definition) is 3. The van der Waals surface area contributed by atoms with Crippen molar-refractivity contribution in [2.75, 3.05) is 0 Å². The predicted molar refractivity (Wildman–Crippen MR) is 131 cm³/mol. The minimum Gasteiger partial charge on any atom is -0.489 e. The van der Waals surface area contributed by atoms with E-state index in [-0.39, 0.29) is 23.2 Å². The quantitative estimate of drug-likeness (QED) is 0.446. The van der Waals surface area contributed by atoms with Gasteiger partial charge < -0.3 is 9.84 Å². The molecule has 1 aliphatic carbocycles. The van der Waals surface area contributed by atoms with Gasteiger partial charge in [-0.3, -0.25) is 9.78 Å². The van der Waals surface area contributed by atoms with E-state index in [2.05, 4.69) is 50.9 Å². The number of carboxylic acid groups (broad SMARTS) is 1. The molecule has 4 nitrogen and oxygen atoms in total. The summed E-state index contributed by atoms with van der Waals surface area (Å²) < 4.78 is 6.10. The molecule has 1 N–H and O–H groups in total. The van der Waals surface area contributed by atoms with Crippen molar-refractivity contribution in [1.82, 2.24) is 4.98 Å². The molecule has 2 aromatic carbocycles. The van der Waals surface area contributed by atoms with Gasteiger partial charge in [0.1, 0.15) is 12.4 Å². The van der Waals surface area contributed by atoms with E-state index in [0.29, 0.717) is 6.61 Å². The fourth-order valence-corrected chi connectivity index (χ4v) is 4.89. The van der Waals surface area contributed by atoms with E-state index in [4.69, 9.17) is 4.74 Å². The van der Waals surface area contributed by atoms with Gasteiger partial charge in [0.25, 0.3) is 0 Å². The van der Waals surface area contributed by atoms with Crippen LogP contribution in [-0.4, -0.2) is 16.1 Å². The summed E-state index contributed by atoms with van der Waals surface area (Å²) in [7, 11) is 0. The van der Waals surface area contributed by atoms with E-state index >= 15 is 0 Å². The Morgan fingerprint density at radius 3 is 2.15 bits per heavy atom. The average Bonchev–Trinajstić information content (AvgIpc) is 2.80. The van der Waals surface area contributed by atoms with Gasteiger partial charge >= 0.3 is 5.97 Å². The number of aliphatic carboxylic acids is 1. The number of ether oxygens (including phenoxy) is 1. The van der Waals surface area contributed by atoms with Crippen LogP contribution in [0.25, 0.3) is 0 Å². The molecule has 4 rings (SSSR count). The van der Waals surface area contributed by atoms with Crippen LogP contribution in [0.1, 0.15) is 80.7 Å². The van der Waals surface area contributed by atoms with Crippen molar-refractivity contribution < 1.29 is 14.6 Å².